The molecule has 6 nitrogen and oxygen atoms in total. The molecule has 3 rings (SSSR count). The summed E-state index contributed by atoms with van der Waals surface area (Å²) >= 11 is 0. The largest absolute Gasteiger partial charge is 0.352 e. The Morgan fingerprint density at radius 3 is 2.45 bits per heavy atom. The number of nitrogens with zero attached hydrogens (tertiary/aromatic N) is 1. The van der Waals surface area contributed by atoms with Crippen LogP contribution in [0.3, 0.4) is 0 Å². The number of likely N-dealkylation sites (tertiary alicyclic amines) is 1. The molecule has 7 heteroatoms. The van der Waals surface area contributed by atoms with Gasteiger partial charge in [0.1, 0.15) is 0 Å². The van der Waals surface area contributed by atoms with E-state index < -0.39 is 10.0 Å². The van der Waals surface area contributed by atoms with E-state index in [-0.39, 0.29) is 10.8 Å². The number of piperidine rings is 1. The van der Waals surface area contributed by atoms with Gasteiger partial charge in [0.25, 0.3) is 15.9 Å². The molecular weight excluding hydrogens is 386 g/mol. The molecule has 2 N–H and O–H groups in total. The van der Waals surface area contributed by atoms with Crippen molar-refractivity contribution < 1.29 is 13.2 Å². The number of amides is 1. The smallest absolute Gasteiger partial charge is 0.261 e. The molecule has 1 amide bonds. The average molecular weight is 416 g/mol. The Morgan fingerprint density at radius 2 is 1.76 bits per heavy atom. The summed E-state index contributed by atoms with van der Waals surface area (Å²) in [5.41, 5.74) is 1.52. The maximum Gasteiger partial charge on any atom is 0.261 e. The molecule has 1 heterocycles. The van der Waals surface area contributed by atoms with Crippen molar-refractivity contribution in [3.63, 3.8) is 0 Å². The fourth-order valence-electron chi connectivity index (χ4n) is 3.63. The van der Waals surface area contributed by atoms with Crippen LogP contribution in [0.4, 0.5) is 5.69 Å². The first-order valence-electron chi connectivity index (χ1n) is 10.0. The van der Waals surface area contributed by atoms with Crippen LogP contribution in [-0.2, 0) is 10.0 Å². The lowest BCUT2D eigenvalue weighted by Crippen LogP contribution is -2.33. The van der Waals surface area contributed by atoms with Crippen molar-refractivity contribution >= 4 is 21.6 Å². The van der Waals surface area contributed by atoms with Gasteiger partial charge in [-0.25, -0.2) is 8.42 Å². The maximum absolute atomic E-state index is 12.7. The van der Waals surface area contributed by atoms with Crippen LogP contribution in [0.2, 0.25) is 0 Å². The molecule has 0 aromatic heterocycles. The Balaban J connectivity index is 1.63. The topological polar surface area (TPSA) is 78.5 Å². The molecular formula is C22H29N3O3S. The van der Waals surface area contributed by atoms with Crippen LogP contribution in [0.25, 0.3) is 0 Å². The van der Waals surface area contributed by atoms with E-state index >= 15 is 0 Å². The Kier molecular flexibility index (Phi) is 6.92. The highest BCUT2D eigenvalue weighted by molar-refractivity contribution is 7.92. The van der Waals surface area contributed by atoms with Gasteiger partial charge >= 0.3 is 0 Å². The Morgan fingerprint density at radius 1 is 1.07 bits per heavy atom. The van der Waals surface area contributed by atoms with E-state index in [1.54, 1.807) is 43.3 Å². The zero-order valence-electron chi connectivity index (χ0n) is 17.0. The normalized spacial score (nSPS) is 15.8. The number of hydrogen-bond donors (Lipinski definition) is 2. The third-order valence-corrected chi connectivity index (χ3v) is 6.93. The average Bonchev–Trinajstić information content (AvgIpc) is 2.71. The molecule has 0 unspecified atom stereocenters. The Hall–Kier alpha value is -2.38. The second kappa shape index (κ2) is 9.41. The summed E-state index contributed by atoms with van der Waals surface area (Å²) in [6.07, 6.45) is 3.31. The number of rotatable bonds is 7. The van der Waals surface area contributed by atoms with E-state index in [2.05, 4.69) is 22.0 Å². The van der Waals surface area contributed by atoms with Gasteiger partial charge in [0.15, 0.2) is 0 Å². The van der Waals surface area contributed by atoms with E-state index in [4.69, 9.17) is 0 Å². The Bertz CT molecular complexity index is 937. The second-order valence-corrected chi connectivity index (χ2v) is 9.37. The van der Waals surface area contributed by atoms with E-state index in [1.807, 2.05) is 0 Å². The van der Waals surface area contributed by atoms with E-state index in [0.29, 0.717) is 29.3 Å². The Labute approximate surface area is 173 Å². The monoisotopic (exact) mass is 415 g/mol. The van der Waals surface area contributed by atoms with Crippen LogP contribution >= 0.6 is 0 Å². The number of carbonyl (C=O) groups excluding carboxylic acids is 1. The lowest BCUT2D eigenvalue weighted by atomic mass is 9.94. The number of anilines is 1. The number of benzene rings is 2. The summed E-state index contributed by atoms with van der Waals surface area (Å²) in [5.74, 6) is 0.479. The summed E-state index contributed by atoms with van der Waals surface area (Å²) < 4.78 is 27.8. The van der Waals surface area contributed by atoms with Crippen LogP contribution in [-0.4, -0.2) is 45.9 Å². The van der Waals surface area contributed by atoms with Crippen molar-refractivity contribution in [3.05, 3.63) is 59.7 Å². The molecule has 1 saturated heterocycles. The molecule has 0 aliphatic carbocycles. The van der Waals surface area contributed by atoms with Gasteiger partial charge in [0.2, 0.25) is 0 Å². The van der Waals surface area contributed by atoms with Gasteiger partial charge in [-0.15, -0.1) is 0 Å². The van der Waals surface area contributed by atoms with Crippen LogP contribution in [0.1, 0.15) is 35.2 Å². The fourth-order valence-corrected chi connectivity index (χ4v) is 4.78. The molecule has 0 atom stereocenters. The highest BCUT2D eigenvalue weighted by Crippen LogP contribution is 2.23. The molecule has 0 bridgehead atoms. The van der Waals surface area contributed by atoms with Gasteiger partial charge in [-0.2, -0.15) is 0 Å². The highest BCUT2D eigenvalue weighted by atomic mass is 32.2. The molecule has 1 aliphatic heterocycles. The van der Waals surface area contributed by atoms with Crippen molar-refractivity contribution in [2.45, 2.75) is 31.1 Å². The predicted molar refractivity (Wildman–Crippen MR) is 116 cm³/mol. The SMILES string of the molecule is Cc1c(NS(=O)(=O)c2ccccc2)cccc1C(=O)NCCC1CCN(C)CC1. The van der Waals surface area contributed by atoms with Gasteiger partial charge < -0.3 is 10.2 Å². The molecule has 2 aromatic rings. The van der Waals surface area contributed by atoms with Gasteiger partial charge in [0.05, 0.1) is 10.6 Å². The van der Waals surface area contributed by atoms with E-state index in [1.165, 1.54) is 25.0 Å². The molecule has 2 aromatic carbocycles. The fraction of sp³-hybridized carbons (Fsp3) is 0.409. The summed E-state index contributed by atoms with van der Waals surface area (Å²) in [6.45, 7) is 4.62. The zero-order valence-corrected chi connectivity index (χ0v) is 17.8. The molecule has 29 heavy (non-hydrogen) atoms. The number of sulfonamides is 1. The molecule has 156 valence electrons. The maximum atomic E-state index is 12.7. The quantitative estimate of drug-likeness (QED) is 0.728. The predicted octanol–water partition coefficient (Wildman–Crippen LogP) is 3.26. The molecule has 0 spiro atoms. The standard InChI is InChI=1S/C22H29N3O3S/c1-17-20(22(26)23-14-11-18-12-15-25(2)16-13-18)9-6-10-21(17)24-29(27,28)19-7-4-3-5-8-19/h3-10,18,24H,11-16H2,1-2H3,(H,23,26). The van der Waals surface area contributed by atoms with Crippen molar-refractivity contribution in [1.29, 1.82) is 0 Å². The second-order valence-electron chi connectivity index (χ2n) is 7.69. The summed E-state index contributed by atoms with van der Waals surface area (Å²) in [7, 11) is -1.56. The number of hydrogen-bond acceptors (Lipinski definition) is 4. The zero-order chi connectivity index (χ0) is 20.9. The first-order chi connectivity index (χ1) is 13.9. The van der Waals surface area contributed by atoms with Crippen LogP contribution in [0.5, 0.6) is 0 Å². The van der Waals surface area contributed by atoms with Crippen molar-refractivity contribution in [2.24, 2.45) is 5.92 Å². The van der Waals surface area contributed by atoms with Gasteiger partial charge in [-0.1, -0.05) is 24.3 Å². The van der Waals surface area contributed by atoms with Crippen molar-refractivity contribution in [2.75, 3.05) is 31.4 Å². The highest BCUT2D eigenvalue weighted by Gasteiger charge is 2.19. The third-order valence-electron chi connectivity index (χ3n) is 5.55. The molecule has 0 saturated carbocycles. The molecule has 0 radical (unpaired) electrons. The third kappa shape index (κ3) is 5.58. The van der Waals surface area contributed by atoms with E-state index in [9.17, 15) is 13.2 Å². The minimum absolute atomic E-state index is 0.170. The minimum Gasteiger partial charge on any atom is -0.352 e. The summed E-state index contributed by atoms with van der Waals surface area (Å²) in [6, 6.07) is 13.3. The van der Waals surface area contributed by atoms with Gasteiger partial charge in [0, 0.05) is 12.1 Å². The molecule has 1 aliphatic rings. The van der Waals surface area contributed by atoms with Crippen molar-refractivity contribution in [3.8, 4) is 0 Å². The van der Waals surface area contributed by atoms with Crippen molar-refractivity contribution in [1.82, 2.24) is 10.2 Å². The molecule has 1 fully saturated rings. The van der Waals surface area contributed by atoms with E-state index in [0.717, 1.165) is 19.5 Å². The lowest BCUT2D eigenvalue weighted by Gasteiger charge is -2.28. The number of nitrogens with one attached hydrogen (secondary N) is 2. The lowest BCUT2D eigenvalue weighted by molar-refractivity contribution is 0.0948. The minimum atomic E-state index is -3.70. The summed E-state index contributed by atoms with van der Waals surface area (Å²) in [5, 5.41) is 2.99. The van der Waals surface area contributed by atoms with Crippen LogP contribution in [0, 0.1) is 12.8 Å². The first-order valence-corrected chi connectivity index (χ1v) is 11.5. The van der Waals surface area contributed by atoms with Gasteiger partial charge in [-0.05, 0) is 82.1 Å². The van der Waals surface area contributed by atoms with Crippen LogP contribution in [0.15, 0.2) is 53.4 Å². The summed E-state index contributed by atoms with van der Waals surface area (Å²) in [4.78, 5) is 15.2. The first kappa shape index (κ1) is 21.3. The van der Waals surface area contributed by atoms with Gasteiger partial charge in [-0.3, -0.25) is 9.52 Å². The van der Waals surface area contributed by atoms with Crippen LogP contribution < -0.4 is 10.0 Å². The number of carbonyl (C=O) groups is 1.